The van der Waals surface area contributed by atoms with Gasteiger partial charge in [0, 0.05) is 6.54 Å². The molecule has 86 valence electrons. The number of nitrogens with one attached hydrogen (secondary N) is 1. The minimum atomic E-state index is -1.06. The van der Waals surface area contributed by atoms with Crippen LogP contribution in [0.4, 0.5) is 5.69 Å². The minimum absolute atomic E-state index is 0.0315. The number of hydrogen-bond acceptors (Lipinski definition) is 5. The number of anilines is 1. The zero-order valence-electron chi connectivity index (χ0n) is 8.92. The molecule has 6 heteroatoms. The van der Waals surface area contributed by atoms with Crippen molar-refractivity contribution in [1.29, 1.82) is 5.26 Å². The van der Waals surface area contributed by atoms with Gasteiger partial charge in [-0.1, -0.05) is 12.1 Å². The maximum absolute atomic E-state index is 10.8. The molecular weight excluding hydrogens is 220 g/mol. The lowest BCUT2D eigenvalue weighted by Crippen LogP contribution is -2.43. The molecule has 17 heavy (non-hydrogen) atoms. The van der Waals surface area contributed by atoms with Crippen LogP contribution in [-0.4, -0.2) is 30.0 Å². The van der Waals surface area contributed by atoms with Gasteiger partial charge < -0.3 is 5.11 Å². The molecule has 2 N–H and O–H groups in total. The third-order valence-corrected chi connectivity index (χ3v) is 2.34. The quantitative estimate of drug-likeness (QED) is 0.766. The number of carboxylic acid groups (broad SMARTS) is 1. The van der Waals surface area contributed by atoms with Crippen molar-refractivity contribution in [2.45, 2.75) is 0 Å². The lowest BCUT2D eigenvalue weighted by Gasteiger charge is -2.25. The summed E-state index contributed by atoms with van der Waals surface area (Å²) in [5.74, 6) is -1.06. The van der Waals surface area contributed by atoms with Crippen LogP contribution in [0.15, 0.2) is 29.4 Å². The van der Waals surface area contributed by atoms with Crippen molar-refractivity contribution in [3.63, 3.8) is 0 Å². The minimum Gasteiger partial charge on any atom is -0.477 e. The Labute approximate surface area is 97.8 Å². The first-order chi connectivity index (χ1) is 8.22. The lowest BCUT2D eigenvalue weighted by molar-refractivity contribution is -0.129. The molecule has 1 aromatic carbocycles. The summed E-state index contributed by atoms with van der Waals surface area (Å²) in [6, 6.07) is 8.98. The zero-order chi connectivity index (χ0) is 12.3. The summed E-state index contributed by atoms with van der Waals surface area (Å²) >= 11 is 0. The van der Waals surface area contributed by atoms with E-state index in [1.807, 2.05) is 0 Å². The van der Waals surface area contributed by atoms with Crippen molar-refractivity contribution < 1.29 is 9.90 Å². The second-order valence-electron chi connectivity index (χ2n) is 3.47. The number of hydrogen-bond donors (Lipinski definition) is 2. The number of nitriles is 1. The van der Waals surface area contributed by atoms with Crippen LogP contribution < -0.4 is 10.3 Å². The topological polar surface area (TPSA) is 88.7 Å². The Morgan fingerprint density at radius 1 is 1.53 bits per heavy atom. The third-order valence-electron chi connectivity index (χ3n) is 2.34. The molecule has 0 saturated heterocycles. The fourth-order valence-corrected chi connectivity index (χ4v) is 1.55. The number of para-hydroxylation sites is 1. The van der Waals surface area contributed by atoms with Crippen molar-refractivity contribution in [2.24, 2.45) is 5.10 Å². The number of carbonyl (C=O) groups is 1. The monoisotopic (exact) mass is 230 g/mol. The van der Waals surface area contributed by atoms with E-state index in [1.165, 1.54) is 5.01 Å². The Kier molecular flexibility index (Phi) is 3.03. The van der Waals surface area contributed by atoms with Gasteiger partial charge >= 0.3 is 5.97 Å². The Morgan fingerprint density at radius 3 is 3.00 bits per heavy atom. The van der Waals surface area contributed by atoms with Crippen LogP contribution in [-0.2, 0) is 4.79 Å². The smallest absolute Gasteiger partial charge is 0.353 e. The zero-order valence-corrected chi connectivity index (χ0v) is 8.92. The fraction of sp³-hybridized carbons (Fsp3) is 0.182. The first-order valence-electron chi connectivity index (χ1n) is 5.00. The molecule has 0 saturated carbocycles. The number of nitrogens with zero attached hydrogens (tertiary/aromatic N) is 3. The highest BCUT2D eigenvalue weighted by Crippen LogP contribution is 2.20. The van der Waals surface area contributed by atoms with Crippen LogP contribution in [0.1, 0.15) is 5.56 Å². The molecule has 0 unspecified atom stereocenters. The normalized spacial score (nSPS) is 15.0. The predicted octanol–water partition coefficient (Wildman–Crippen LogP) is 0.366. The number of rotatable bonds is 2. The Balaban J connectivity index is 2.38. The summed E-state index contributed by atoms with van der Waals surface area (Å²) in [7, 11) is 0. The molecule has 1 aliphatic heterocycles. The largest absolute Gasteiger partial charge is 0.477 e. The highest BCUT2D eigenvalue weighted by molar-refractivity contribution is 6.36. The molecule has 1 heterocycles. The summed E-state index contributed by atoms with van der Waals surface area (Å²) in [6.07, 6.45) is 0. The SMILES string of the molecule is N#Cc1ccccc1N1CNCC(C(=O)O)=N1. The van der Waals surface area contributed by atoms with Crippen molar-refractivity contribution in [2.75, 3.05) is 18.2 Å². The van der Waals surface area contributed by atoms with Crippen LogP contribution in [0.3, 0.4) is 0 Å². The molecule has 0 spiro atoms. The Hall–Kier alpha value is -2.39. The summed E-state index contributed by atoms with van der Waals surface area (Å²) in [6.45, 7) is 0.607. The molecule has 2 rings (SSSR count). The Bertz CT molecular complexity index is 518. The van der Waals surface area contributed by atoms with Gasteiger partial charge in [-0.15, -0.1) is 0 Å². The van der Waals surface area contributed by atoms with Gasteiger partial charge in [0.25, 0.3) is 0 Å². The average Bonchev–Trinajstić information content (AvgIpc) is 2.39. The summed E-state index contributed by atoms with van der Waals surface area (Å²) < 4.78 is 0. The number of aliphatic carboxylic acids is 1. The second-order valence-corrected chi connectivity index (χ2v) is 3.47. The van der Waals surface area contributed by atoms with Gasteiger partial charge in [-0.25, -0.2) is 9.80 Å². The van der Waals surface area contributed by atoms with E-state index in [-0.39, 0.29) is 12.3 Å². The number of carboxylic acids is 1. The van der Waals surface area contributed by atoms with E-state index < -0.39 is 5.97 Å². The van der Waals surface area contributed by atoms with Crippen LogP contribution in [0.2, 0.25) is 0 Å². The van der Waals surface area contributed by atoms with Crippen LogP contribution >= 0.6 is 0 Å². The molecule has 0 amide bonds. The van der Waals surface area contributed by atoms with E-state index in [4.69, 9.17) is 10.4 Å². The summed E-state index contributed by atoms with van der Waals surface area (Å²) in [5, 5.41) is 26.2. The molecule has 0 radical (unpaired) electrons. The number of benzene rings is 1. The maximum atomic E-state index is 10.8. The molecule has 1 aliphatic rings. The molecule has 0 aliphatic carbocycles. The average molecular weight is 230 g/mol. The van der Waals surface area contributed by atoms with E-state index in [2.05, 4.69) is 16.5 Å². The Morgan fingerprint density at radius 2 is 2.29 bits per heavy atom. The highest BCUT2D eigenvalue weighted by atomic mass is 16.4. The van der Waals surface area contributed by atoms with E-state index in [0.717, 1.165) is 0 Å². The molecule has 6 nitrogen and oxygen atoms in total. The molecule has 0 atom stereocenters. The summed E-state index contributed by atoms with van der Waals surface area (Å²) in [4.78, 5) is 10.8. The molecule has 1 aromatic rings. The second kappa shape index (κ2) is 4.63. The maximum Gasteiger partial charge on any atom is 0.353 e. The predicted molar refractivity (Wildman–Crippen MR) is 61.6 cm³/mol. The van der Waals surface area contributed by atoms with E-state index in [0.29, 0.717) is 17.9 Å². The fourth-order valence-electron chi connectivity index (χ4n) is 1.55. The summed E-state index contributed by atoms with van der Waals surface area (Å²) in [5.41, 5.74) is 1.09. The van der Waals surface area contributed by atoms with Crippen LogP contribution in [0.25, 0.3) is 0 Å². The molecular formula is C11H10N4O2. The van der Waals surface area contributed by atoms with E-state index in [1.54, 1.807) is 24.3 Å². The highest BCUT2D eigenvalue weighted by Gasteiger charge is 2.19. The number of hydrazone groups is 1. The van der Waals surface area contributed by atoms with Crippen molar-refractivity contribution in [3.05, 3.63) is 29.8 Å². The van der Waals surface area contributed by atoms with Gasteiger partial charge in [0.05, 0.1) is 17.9 Å². The van der Waals surface area contributed by atoms with Gasteiger partial charge in [0.1, 0.15) is 6.07 Å². The molecule has 0 bridgehead atoms. The van der Waals surface area contributed by atoms with Crippen molar-refractivity contribution in [3.8, 4) is 6.07 Å². The van der Waals surface area contributed by atoms with Gasteiger partial charge in [-0.2, -0.15) is 10.4 Å². The van der Waals surface area contributed by atoms with Gasteiger partial charge in [0.15, 0.2) is 5.71 Å². The molecule has 0 aromatic heterocycles. The van der Waals surface area contributed by atoms with E-state index in [9.17, 15) is 4.79 Å². The molecule has 0 fully saturated rings. The standard InChI is InChI=1S/C11H10N4O2/c12-5-8-3-1-2-4-10(8)15-7-13-6-9(14-15)11(16)17/h1-4,13H,6-7H2,(H,16,17). The van der Waals surface area contributed by atoms with Crippen molar-refractivity contribution >= 4 is 17.4 Å². The van der Waals surface area contributed by atoms with Crippen molar-refractivity contribution in [1.82, 2.24) is 5.32 Å². The van der Waals surface area contributed by atoms with E-state index >= 15 is 0 Å². The third kappa shape index (κ3) is 2.24. The van der Waals surface area contributed by atoms with Gasteiger partial charge in [-0.05, 0) is 12.1 Å². The first-order valence-corrected chi connectivity index (χ1v) is 5.00. The van der Waals surface area contributed by atoms with Gasteiger partial charge in [0.2, 0.25) is 0 Å². The lowest BCUT2D eigenvalue weighted by atomic mass is 10.2. The first kappa shape index (κ1) is 11.1. The van der Waals surface area contributed by atoms with Crippen LogP contribution in [0, 0.1) is 11.3 Å². The van der Waals surface area contributed by atoms with Crippen LogP contribution in [0.5, 0.6) is 0 Å². The van der Waals surface area contributed by atoms with Gasteiger partial charge in [-0.3, -0.25) is 5.32 Å².